The standard InChI is InChI=1S/C16H22N2O4S/c1-16(2,15(21)22)17(3)13(19)4-5-14(20)18-8-6-12-11(10-18)7-9-23-12/h7,9H,4-6,8,10H2,1-3H3,(H,21,22). The first-order valence-electron chi connectivity index (χ1n) is 7.56. The summed E-state index contributed by atoms with van der Waals surface area (Å²) in [6, 6.07) is 2.04. The van der Waals surface area contributed by atoms with E-state index in [9.17, 15) is 14.4 Å². The zero-order valence-corrected chi connectivity index (χ0v) is 14.5. The second-order valence-electron chi connectivity index (χ2n) is 6.25. The fourth-order valence-corrected chi connectivity index (χ4v) is 3.35. The van der Waals surface area contributed by atoms with Gasteiger partial charge in [0, 0.05) is 37.9 Å². The summed E-state index contributed by atoms with van der Waals surface area (Å²) in [5.74, 6) is -1.46. The maximum Gasteiger partial charge on any atom is 0.329 e. The van der Waals surface area contributed by atoms with E-state index in [2.05, 4.69) is 0 Å². The lowest BCUT2D eigenvalue weighted by Gasteiger charge is -2.32. The summed E-state index contributed by atoms with van der Waals surface area (Å²) in [4.78, 5) is 39.9. The maximum atomic E-state index is 12.3. The highest BCUT2D eigenvalue weighted by Gasteiger charge is 2.35. The molecule has 1 aliphatic rings. The first-order chi connectivity index (χ1) is 10.7. The summed E-state index contributed by atoms with van der Waals surface area (Å²) in [5, 5.41) is 11.2. The number of rotatable bonds is 5. The monoisotopic (exact) mass is 338 g/mol. The van der Waals surface area contributed by atoms with Crippen LogP contribution in [0.4, 0.5) is 0 Å². The van der Waals surface area contributed by atoms with E-state index < -0.39 is 11.5 Å². The number of carbonyl (C=O) groups is 3. The molecule has 1 N–H and O–H groups in total. The van der Waals surface area contributed by atoms with Gasteiger partial charge >= 0.3 is 5.97 Å². The van der Waals surface area contributed by atoms with Crippen molar-refractivity contribution in [3.63, 3.8) is 0 Å². The van der Waals surface area contributed by atoms with Crippen LogP contribution < -0.4 is 0 Å². The van der Waals surface area contributed by atoms with Gasteiger partial charge in [0.2, 0.25) is 11.8 Å². The molecule has 2 heterocycles. The van der Waals surface area contributed by atoms with Gasteiger partial charge in [-0.2, -0.15) is 0 Å². The second kappa shape index (κ2) is 6.70. The molecule has 1 aromatic heterocycles. The lowest BCUT2D eigenvalue weighted by molar-refractivity contribution is -0.155. The molecule has 1 aliphatic heterocycles. The summed E-state index contributed by atoms with van der Waals surface area (Å²) in [7, 11) is 1.46. The average Bonchev–Trinajstić information content (AvgIpc) is 2.98. The summed E-state index contributed by atoms with van der Waals surface area (Å²) in [6.07, 6.45) is 0.996. The van der Waals surface area contributed by atoms with Crippen molar-refractivity contribution in [1.29, 1.82) is 0 Å². The fraction of sp³-hybridized carbons (Fsp3) is 0.562. The van der Waals surface area contributed by atoms with E-state index in [-0.39, 0.29) is 24.7 Å². The van der Waals surface area contributed by atoms with Crippen LogP contribution in [0.5, 0.6) is 0 Å². The third-order valence-corrected chi connectivity index (χ3v) is 5.47. The minimum absolute atomic E-state index is 0.0268. The zero-order valence-electron chi connectivity index (χ0n) is 13.7. The quantitative estimate of drug-likeness (QED) is 0.887. The normalized spacial score (nSPS) is 14.3. The molecule has 0 radical (unpaired) electrons. The van der Waals surface area contributed by atoms with Gasteiger partial charge in [0.05, 0.1) is 0 Å². The molecule has 1 aromatic rings. The second-order valence-corrected chi connectivity index (χ2v) is 7.25. The number of fused-ring (bicyclic) bond motifs is 1. The summed E-state index contributed by atoms with van der Waals surface area (Å²) in [6.45, 7) is 4.22. The molecule has 0 bridgehead atoms. The molecule has 0 aromatic carbocycles. The van der Waals surface area contributed by atoms with Gasteiger partial charge in [-0.3, -0.25) is 9.59 Å². The Labute approximate surface area is 139 Å². The number of carbonyl (C=O) groups excluding carboxylic acids is 2. The molecule has 0 saturated heterocycles. The van der Waals surface area contributed by atoms with Crippen LogP contribution in [-0.4, -0.2) is 51.8 Å². The largest absolute Gasteiger partial charge is 0.480 e. The molecular weight excluding hydrogens is 316 g/mol. The first-order valence-corrected chi connectivity index (χ1v) is 8.44. The number of nitrogens with zero attached hydrogens (tertiary/aromatic N) is 2. The first kappa shape index (κ1) is 17.5. The number of likely N-dealkylation sites (N-methyl/N-ethyl adjacent to an activating group) is 1. The molecule has 0 atom stereocenters. The van der Waals surface area contributed by atoms with E-state index in [4.69, 9.17) is 5.11 Å². The van der Waals surface area contributed by atoms with Crippen LogP contribution in [0.1, 0.15) is 37.1 Å². The Morgan fingerprint density at radius 1 is 1.35 bits per heavy atom. The molecule has 0 saturated carbocycles. The summed E-state index contributed by atoms with van der Waals surface area (Å²) < 4.78 is 0. The van der Waals surface area contributed by atoms with Crippen molar-refractivity contribution >= 4 is 29.1 Å². The Bertz CT molecular complexity index is 623. The highest BCUT2D eigenvalue weighted by atomic mass is 32.1. The van der Waals surface area contributed by atoms with Crippen LogP contribution in [0, 0.1) is 0 Å². The van der Waals surface area contributed by atoms with Crippen LogP contribution >= 0.6 is 11.3 Å². The van der Waals surface area contributed by atoms with E-state index in [1.54, 1.807) is 16.2 Å². The predicted molar refractivity (Wildman–Crippen MR) is 87.2 cm³/mol. The van der Waals surface area contributed by atoms with Crippen LogP contribution in [-0.2, 0) is 27.3 Å². The number of thiophene rings is 1. The van der Waals surface area contributed by atoms with Crippen molar-refractivity contribution in [2.45, 2.75) is 45.2 Å². The molecule has 0 spiro atoms. The molecule has 126 valence electrons. The average molecular weight is 338 g/mol. The van der Waals surface area contributed by atoms with Gasteiger partial charge in [-0.1, -0.05) is 0 Å². The minimum Gasteiger partial charge on any atom is -0.480 e. The zero-order chi connectivity index (χ0) is 17.2. The van der Waals surface area contributed by atoms with Crippen molar-refractivity contribution < 1.29 is 19.5 Å². The van der Waals surface area contributed by atoms with Crippen molar-refractivity contribution in [2.75, 3.05) is 13.6 Å². The molecule has 0 unspecified atom stereocenters. The SMILES string of the molecule is CN(C(=O)CCC(=O)N1CCc2sccc2C1)C(C)(C)C(=O)O. The van der Waals surface area contributed by atoms with E-state index >= 15 is 0 Å². The Hall–Kier alpha value is -1.89. The lowest BCUT2D eigenvalue weighted by atomic mass is 10.0. The van der Waals surface area contributed by atoms with Gasteiger partial charge in [-0.25, -0.2) is 4.79 Å². The molecule has 0 aliphatic carbocycles. The number of hydrogen-bond acceptors (Lipinski definition) is 4. The Morgan fingerprint density at radius 3 is 2.70 bits per heavy atom. The number of aliphatic carboxylic acids is 1. The molecule has 0 fully saturated rings. The van der Waals surface area contributed by atoms with Gasteiger partial charge in [-0.15, -0.1) is 11.3 Å². The molecule has 2 rings (SSSR count). The van der Waals surface area contributed by atoms with Crippen LogP contribution in [0.15, 0.2) is 11.4 Å². The van der Waals surface area contributed by atoms with Gasteiger partial charge < -0.3 is 14.9 Å². The Morgan fingerprint density at radius 2 is 2.04 bits per heavy atom. The molecule has 7 heteroatoms. The van der Waals surface area contributed by atoms with E-state index in [0.29, 0.717) is 13.1 Å². The van der Waals surface area contributed by atoms with Gasteiger partial charge in [-0.05, 0) is 37.3 Å². The third kappa shape index (κ3) is 3.72. The maximum absolute atomic E-state index is 12.3. The Balaban J connectivity index is 1.87. The van der Waals surface area contributed by atoms with Gasteiger partial charge in [0.15, 0.2) is 0 Å². The molecule has 6 nitrogen and oxygen atoms in total. The van der Waals surface area contributed by atoms with Crippen molar-refractivity contribution in [1.82, 2.24) is 9.80 Å². The van der Waals surface area contributed by atoms with Crippen molar-refractivity contribution in [3.05, 3.63) is 21.9 Å². The highest BCUT2D eigenvalue weighted by molar-refractivity contribution is 7.10. The number of carboxylic acid groups (broad SMARTS) is 1. The number of carboxylic acids is 1. The molecule has 2 amide bonds. The lowest BCUT2D eigenvalue weighted by Crippen LogP contribution is -2.51. The number of hydrogen-bond donors (Lipinski definition) is 1. The predicted octanol–water partition coefficient (Wildman–Crippen LogP) is 1.73. The number of amides is 2. The topological polar surface area (TPSA) is 77.9 Å². The Kier molecular flexibility index (Phi) is 5.09. The smallest absolute Gasteiger partial charge is 0.329 e. The van der Waals surface area contributed by atoms with Crippen molar-refractivity contribution in [3.8, 4) is 0 Å². The van der Waals surface area contributed by atoms with E-state index in [1.165, 1.54) is 36.2 Å². The van der Waals surface area contributed by atoms with Crippen molar-refractivity contribution in [2.24, 2.45) is 0 Å². The van der Waals surface area contributed by atoms with Crippen LogP contribution in [0.3, 0.4) is 0 Å². The molecule has 23 heavy (non-hydrogen) atoms. The van der Waals surface area contributed by atoms with E-state index in [1.807, 2.05) is 11.4 Å². The summed E-state index contributed by atoms with van der Waals surface area (Å²) in [5.41, 5.74) is -0.0957. The highest BCUT2D eigenvalue weighted by Crippen LogP contribution is 2.24. The minimum atomic E-state index is -1.28. The van der Waals surface area contributed by atoms with Crippen LogP contribution in [0.2, 0.25) is 0 Å². The third-order valence-electron chi connectivity index (χ3n) is 4.45. The van der Waals surface area contributed by atoms with E-state index in [0.717, 1.165) is 6.42 Å². The fourth-order valence-electron chi connectivity index (χ4n) is 2.46. The summed E-state index contributed by atoms with van der Waals surface area (Å²) >= 11 is 1.71. The molecular formula is C16H22N2O4S. The van der Waals surface area contributed by atoms with Crippen LogP contribution in [0.25, 0.3) is 0 Å². The van der Waals surface area contributed by atoms with Gasteiger partial charge in [0.25, 0.3) is 0 Å². The van der Waals surface area contributed by atoms with Gasteiger partial charge in [0.1, 0.15) is 5.54 Å².